The first-order valence-corrected chi connectivity index (χ1v) is 9.97. The van der Waals surface area contributed by atoms with Crippen molar-refractivity contribution in [2.75, 3.05) is 50.4 Å². The average Bonchev–Trinajstić information content (AvgIpc) is 3.41. The fourth-order valence-corrected chi connectivity index (χ4v) is 3.83. The second kappa shape index (κ2) is 8.00. The number of nitrogens with one attached hydrogen (secondary N) is 1. The molecule has 1 saturated heterocycles. The van der Waals surface area contributed by atoms with Gasteiger partial charge in [0.05, 0.1) is 42.5 Å². The second-order valence-electron chi connectivity index (χ2n) is 7.21. The first-order chi connectivity index (χ1) is 15.6. The maximum Gasteiger partial charge on any atom is 0.340 e. The number of benzene rings is 1. The number of hydrogen-bond donors (Lipinski definition) is 1. The third kappa shape index (κ3) is 3.36. The molecule has 0 saturated carbocycles. The van der Waals surface area contributed by atoms with Gasteiger partial charge < -0.3 is 33.6 Å². The highest BCUT2D eigenvalue weighted by atomic mass is 16.7. The Hall–Kier alpha value is -3.86. The minimum atomic E-state index is -0.621. The number of nitrogens with zero attached hydrogens (tertiary/aromatic N) is 3. The lowest BCUT2D eigenvalue weighted by atomic mass is 10.1. The van der Waals surface area contributed by atoms with Gasteiger partial charge >= 0.3 is 5.97 Å². The number of anilines is 2. The molecule has 0 unspecified atom stereocenters. The highest BCUT2D eigenvalue weighted by molar-refractivity contribution is 6.16. The summed E-state index contributed by atoms with van der Waals surface area (Å²) in [5.41, 5.74) is 0.962. The van der Waals surface area contributed by atoms with E-state index in [9.17, 15) is 9.59 Å². The highest BCUT2D eigenvalue weighted by Crippen LogP contribution is 2.38. The zero-order valence-corrected chi connectivity index (χ0v) is 17.5. The van der Waals surface area contributed by atoms with E-state index in [0.717, 1.165) is 0 Å². The van der Waals surface area contributed by atoms with Crippen LogP contribution >= 0.6 is 0 Å². The topological polar surface area (TPSA) is 125 Å². The summed E-state index contributed by atoms with van der Waals surface area (Å²) >= 11 is 0. The molecule has 0 spiro atoms. The van der Waals surface area contributed by atoms with E-state index >= 15 is 0 Å². The number of hydrogen-bond acceptors (Lipinski definition) is 10. The normalized spacial score (nSPS) is 15.1. The van der Waals surface area contributed by atoms with Gasteiger partial charge in [0.25, 0.3) is 5.91 Å². The number of fused-ring (bicyclic) bond motifs is 2. The van der Waals surface area contributed by atoms with Crippen molar-refractivity contribution < 1.29 is 33.0 Å². The predicted molar refractivity (Wildman–Crippen MR) is 111 cm³/mol. The standard InChI is InChI=1S/C21H20N4O7/c1-11-16(17-18(22-9-23-20(17)32-11)25-3-5-29-6-4-25)19(26)24-13-8-15-14(30-10-31-15)7-12(13)21(27)28-2/h7-9H,3-6,10H2,1-2H3,(H,24,26). The predicted octanol–water partition coefficient (Wildman–Crippen LogP) is 2.14. The smallest absolute Gasteiger partial charge is 0.340 e. The van der Waals surface area contributed by atoms with Gasteiger partial charge in [-0.05, 0) is 6.92 Å². The number of aryl methyl sites for hydroxylation is 1. The van der Waals surface area contributed by atoms with Gasteiger partial charge in [-0.15, -0.1) is 0 Å². The van der Waals surface area contributed by atoms with E-state index in [1.807, 2.05) is 4.90 Å². The van der Waals surface area contributed by atoms with E-state index in [2.05, 4.69) is 15.3 Å². The Morgan fingerprint density at radius 1 is 1.12 bits per heavy atom. The Morgan fingerprint density at radius 2 is 1.88 bits per heavy atom. The van der Waals surface area contributed by atoms with Crippen molar-refractivity contribution in [2.45, 2.75) is 6.92 Å². The van der Waals surface area contributed by atoms with Crippen LogP contribution in [-0.2, 0) is 9.47 Å². The van der Waals surface area contributed by atoms with E-state index < -0.39 is 11.9 Å². The molecule has 0 atom stereocenters. The Morgan fingerprint density at radius 3 is 2.62 bits per heavy atom. The van der Waals surface area contributed by atoms with Crippen molar-refractivity contribution in [2.24, 2.45) is 0 Å². The molecule has 2 aliphatic heterocycles. The number of rotatable bonds is 4. The molecule has 1 N–H and O–H groups in total. The highest BCUT2D eigenvalue weighted by Gasteiger charge is 2.28. The molecule has 166 valence electrons. The molecule has 5 rings (SSSR count). The lowest BCUT2D eigenvalue weighted by molar-refractivity contribution is 0.0601. The molecule has 0 radical (unpaired) electrons. The van der Waals surface area contributed by atoms with Gasteiger partial charge in [0.2, 0.25) is 12.5 Å². The molecule has 2 aromatic heterocycles. The molecular formula is C21H20N4O7. The summed E-state index contributed by atoms with van der Waals surface area (Å²) in [6.45, 7) is 4.09. The number of morpholine rings is 1. The van der Waals surface area contributed by atoms with Crippen molar-refractivity contribution in [1.82, 2.24) is 9.97 Å². The third-order valence-corrected chi connectivity index (χ3v) is 5.35. The molecule has 32 heavy (non-hydrogen) atoms. The molecule has 11 heteroatoms. The SMILES string of the molecule is COC(=O)c1cc2c(cc1NC(=O)c1c(C)oc3ncnc(N4CCOCC4)c13)OCO2. The number of amides is 1. The van der Waals surface area contributed by atoms with E-state index in [1.54, 1.807) is 6.92 Å². The van der Waals surface area contributed by atoms with Gasteiger partial charge in [0, 0.05) is 25.2 Å². The van der Waals surface area contributed by atoms with Crippen LogP contribution in [0.3, 0.4) is 0 Å². The first-order valence-electron chi connectivity index (χ1n) is 9.97. The largest absolute Gasteiger partial charge is 0.465 e. The summed E-state index contributed by atoms with van der Waals surface area (Å²) in [5, 5.41) is 3.29. The van der Waals surface area contributed by atoms with Crippen LogP contribution in [0.4, 0.5) is 11.5 Å². The maximum atomic E-state index is 13.4. The van der Waals surface area contributed by atoms with Gasteiger partial charge in [-0.2, -0.15) is 0 Å². The molecule has 4 heterocycles. The molecule has 1 fully saturated rings. The average molecular weight is 440 g/mol. The number of carbonyl (C=O) groups excluding carboxylic acids is 2. The Labute approximate surface area is 182 Å². The number of furan rings is 1. The lowest BCUT2D eigenvalue weighted by Crippen LogP contribution is -2.37. The number of ether oxygens (including phenoxy) is 4. The molecule has 0 aliphatic carbocycles. The third-order valence-electron chi connectivity index (χ3n) is 5.35. The van der Waals surface area contributed by atoms with Crippen LogP contribution < -0.4 is 19.7 Å². The summed E-state index contributed by atoms with van der Waals surface area (Å²) in [5.74, 6) is 0.696. The zero-order valence-electron chi connectivity index (χ0n) is 17.5. The minimum absolute atomic E-state index is 0.0269. The molecule has 11 nitrogen and oxygen atoms in total. The van der Waals surface area contributed by atoms with Gasteiger partial charge in [0.15, 0.2) is 11.5 Å². The fraction of sp³-hybridized carbons (Fsp3) is 0.333. The van der Waals surface area contributed by atoms with Crippen molar-refractivity contribution in [1.29, 1.82) is 0 Å². The Balaban J connectivity index is 1.56. The second-order valence-corrected chi connectivity index (χ2v) is 7.21. The van der Waals surface area contributed by atoms with Crippen LogP contribution in [0, 0.1) is 6.92 Å². The van der Waals surface area contributed by atoms with Crippen molar-refractivity contribution in [3.05, 3.63) is 35.3 Å². The van der Waals surface area contributed by atoms with Crippen molar-refractivity contribution in [3.8, 4) is 11.5 Å². The summed E-state index contributed by atoms with van der Waals surface area (Å²) < 4.78 is 26.8. The molecule has 3 aromatic rings. The van der Waals surface area contributed by atoms with Crippen LogP contribution in [0.2, 0.25) is 0 Å². The van der Waals surface area contributed by atoms with E-state index in [4.69, 9.17) is 23.4 Å². The quantitative estimate of drug-likeness (QED) is 0.603. The summed E-state index contributed by atoms with van der Waals surface area (Å²) in [6.07, 6.45) is 1.41. The molecule has 1 aromatic carbocycles. The monoisotopic (exact) mass is 440 g/mol. The number of esters is 1. The summed E-state index contributed by atoms with van der Waals surface area (Å²) in [4.78, 5) is 36.4. The van der Waals surface area contributed by atoms with Gasteiger partial charge in [0.1, 0.15) is 17.9 Å². The number of carbonyl (C=O) groups is 2. The van der Waals surface area contributed by atoms with Crippen LogP contribution in [0.15, 0.2) is 22.9 Å². The van der Waals surface area contributed by atoms with Gasteiger partial charge in [-0.3, -0.25) is 4.79 Å². The summed E-state index contributed by atoms with van der Waals surface area (Å²) in [7, 11) is 1.26. The van der Waals surface area contributed by atoms with Crippen LogP contribution in [0.1, 0.15) is 26.5 Å². The summed E-state index contributed by atoms with van der Waals surface area (Å²) in [6, 6.07) is 3.01. The maximum absolute atomic E-state index is 13.4. The van der Waals surface area contributed by atoms with Crippen LogP contribution in [0.5, 0.6) is 11.5 Å². The Bertz CT molecular complexity index is 1220. The number of aromatic nitrogens is 2. The van der Waals surface area contributed by atoms with E-state index in [-0.39, 0.29) is 23.6 Å². The zero-order chi connectivity index (χ0) is 22.2. The van der Waals surface area contributed by atoms with Gasteiger partial charge in [-0.1, -0.05) is 0 Å². The van der Waals surface area contributed by atoms with Crippen LogP contribution in [-0.4, -0.2) is 62.1 Å². The van der Waals surface area contributed by atoms with E-state index in [0.29, 0.717) is 60.5 Å². The van der Waals surface area contributed by atoms with Crippen molar-refractivity contribution in [3.63, 3.8) is 0 Å². The Kier molecular flexibility index (Phi) is 5.02. The fourth-order valence-electron chi connectivity index (χ4n) is 3.83. The molecule has 1 amide bonds. The van der Waals surface area contributed by atoms with E-state index in [1.165, 1.54) is 25.6 Å². The van der Waals surface area contributed by atoms with Crippen molar-refractivity contribution >= 4 is 34.5 Å². The molecule has 0 bridgehead atoms. The minimum Gasteiger partial charge on any atom is -0.465 e. The molecule has 2 aliphatic rings. The first kappa shape index (κ1) is 20.1. The number of methoxy groups -OCH3 is 1. The molecular weight excluding hydrogens is 420 g/mol. The van der Waals surface area contributed by atoms with Crippen LogP contribution in [0.25, 0.3) is 11.1 Å². The van der Waals surface area contributed by atoms with Gasteiger partial charge in [-0.25, -0.2) is 14.8 Å². The lowest BCUT2D eigenvalue weighted by Gasteiger charge is -2.28.